The molecule has 0 saturated carbocycles. The first-order valence-electron chi connectivity index (χ1n) is 6.91. The molecule has 0 aliphatic heterocycles. The van der Waals surface area contributed by atoms with Crippen LogP contribution in [0, 0.1) is 6.92 Å². The van der Waals surface area contributed by atoms with Crippen LogP contribution < -0.4 is 0 Å². The summed E-state index contributed by atoms with van der Waals surface area (Å²) in [6.07, 6.45) is 0.395. The summed E-state index contributed by atoms with van der Waals surface area (Å²) in [7, 11) is 1.42. The second-order valence-corrected chi connectivity index (χ2v) is 5.94. The number of hydrogen-bond donors (Lipinski definition) is 0. The van der Waals surface area contributed by atoms with Crippen LogP contribution in [-0.2, 0) is 22.6 Å². The lowest BCUT2D eigenvalue weighted by molar-refractivity contribution is -0.141. The van der Waals surface area contributed by atoms with Crippen molar-refractivity contribution in [1.82, 2.24) is 9.88 Å². The van der Waals surface area contributed by atoms with Crippen LogP contribution in [0.1, 0.15) is 22.7 Å². The van der Waals surface area contributed by atoms with Gasteiger partial charge in [0, 0.05) is 25.0 Å². The fourth-order valence-corrected chi connectivity index (χ4v) is 2.72. The van der Waals surface area contributed by atoms with Gasteiger partial charge >= 0.3 is 5.97 Å². The zero-order valence-corrected chi connectivity index (χ0v) is 13.2. The van der Waals surface area contributed by atoms with E-state index in [1.54, 1.807) is 11.3 Å². The molecule has 0 aliphatic carbocycles. The number of aromatic nitrogens is 1. The highest BCUT2D eigenvalue weighted by molar-refractivity contribution is 7.09. The van der Waals surface area contributed by atoms with Gasteiger partial charge in [0.1, 0.15) is 0 Å². The lowest BCUT2D eigenvalue weighted by Crippen LogP contribution is -2.26. The summed E-state index contributed by atoms with van der Waals surface area (Å²) in [4.78, 5) is 18.1. The van der Waals surface area contributed by atoms with E-state index in [4.69, 9.17) is 4.74 Å². The van der Waals surface area contributed by atoms with Gasteiger partial charge in [0.05, 0.1) is 24.2 Å². The van der Waals surface area contributed by atoms with Crippen molar-refractivity contribution < 1.29 is 9.53 Å². The Bertz CT molecular complexity index is 569. The Balaban J connectivity index is 2.00. The van der Waals surface area contributed by atoms with Crippen LogP contribution in [0.2, 0.25) is 0 Å². The van der Waals surface area contributed by atoms with Crippen LogP contribution in [-0.4, -0.2) is 29.5 Å². The molecule has 5 heteroatoms. The Morgan fingerprint density at radius 1 is 1.29 bits per heavy atom. The minimum atomic E-state index is -0.178. The molecule has 112 valence electrons. The average molecular weight is 304 g/mol. The van der Waals surface area contributed by atoms with Gasteiger partial charge in [0.2, 0.25) is 0 Å². The highest BCUT2D eigenvalue weighted by Gasteiger charge is 2.11. The highest BCUT2D eigenvalue weighted by Crippen LogP contribution is 2.13. The SMILES string of the molecule is COC(=O)CCN(Cc1ccccc1)Cc1csc(C)n1. The second-order valence-electron chi connectivity index (χ2n) is 4.88. The molecule has 1 aromatic carbocycles. The molecule has 0 saturated heterocycles. The van der Waals surface area contributed by atoms with E-state index in [9.17, 15) is 4.79 Å². The lowest BCUT2D eigenvalue weighted by Gasteiger charge is -2.21. The van der Waals surface area contributed by atoms with Crippen LogP contribution in [0.4, 0.5) is 0 Å². The molecule has 0 aliphatic rings. The van der Waals surface area contributed by atoms with E-state index in [2.05, 4.69) is 27.4 Å². The van der Waals surface area contributed by atoms with Crippen LogP contribution >= 0.6 is 11.3 Å². The minimum absolute atomic E-state index is 0.178. The average Bonchev–Trinajstić information content (AvgIpc) is 2.90. The minimum Gasteiger partial charge on any atom is -0.469 e. The zero-order chi connectivity index (χ0) is 15.1. The van der Waals surface area contributed by atoms with E-state index in [0.29, 0.717) is 13.0 Å². The van der Waals surface area contributed by atoms with E-state index in [-0.39, 0.29) is 5.97 Å². The molecule has 2 rings (SSSR count). The summed E-state index contributed by atoms with van der Waals surface area (Å²) in [6.45, 7) is 4.22. The number of thiazole rings is 1. The maximum Gasteiger partial charge on any atom is 0.306 e. The number of ether oxygens (including phenoxy) is 1. The third kappa shape index (κ3) is 5.28. The van der Waals surface area contributed by atoms with Crippen molar-refractivity contribution in [2.24, 2.45) is 0 Å². The maximum atomic E-state index is 11.4. The van der Waals surface area contributed by atoms with Gasteiger partial charge in [-0.25, -0.2) is 4.98 Å². The largest absolute Gasteiger partial charge is 0.469 e. The van der Waals surface area contributed by atoms with Crippen LogP contribution in [0.3, 0.4) is 0 Å². The van der Waals surface area contributed by atoms with Crippen molar-refractivity contribution in [2.75, 3.05) is 13.7 Å². The van der Waals surface area contributed by atoms with Crippen molar-refractivity contribution in [3.63, 3.8) is 0 Å². The van der Waals surface area contributed by atoms with Gasteiger partial charge < -0.3 is 4.74 Å². The molecule has 0 radical (unpaired) electrons. The standard InChI is InChI=1S/C16H20N2O2S/c1-13-17-15(12-21-13)11-18(9-8-16(19)20-2)10-14-6-4-3-5-7-14/h3-7,12H,8-11H2,1-2H3. The lowest BCUT2D eigenvalue weighted by atomic mass is 10.2. The Labute approximate surface area is 129 Å². The fourth-order valence-electron chi connectivity index (χ4n) is 2.12. The number of benzene rings is 1. The smallest absolute Gasteiger partial charge is 0.306 e. The molecule has 0 unspecified atom stereocenters. The van der Waals surface area contributed by atoms with E-state index in [1.165, 1.54) is 12.7 Å². The van der Waals surface area contributed by atoms with Gasteiger partial charge in [-0.1, -0.05) is 30.3 Å². The molecular formula is C16H20N2O2S. The molecular weight excluding hydrogens is 284 g/mol. The molecule has 1 heterocycles. The Morgan fingerprint density at radius 3 is 2.67 bits per heavy atom. The van der Waals surface area contributed by atoms with Crippen molar-refractivity contribution in [3.8, 4) is 0 Å². The van der Waals surface area contributed by atoms with E-state index < -0.39 is 0 Å². The van der Waals surface area contributed by atoms with Gasteiger partial charge in [0.25, 0.3) is 0 Å². The Kier molecular flexibility index (Phi) is 5.90. The number of methoxy groups -OCH3 is 1. The maximum absolute atomic E-state index is 11.4. The molecule has 0 N–H and O–H groups in total. The number of esters is 1. The molecule has 4 nitrogen and oxygen atoms in total. The number of carbonyl (C=O) groups excluding carboxylic acids is 1. The monoisotopic (exact) mass is 304 g/mol. The molecule has 1 aromatic heterocycles. The third-order valence-electron chi connectivity index (χ3n) is 3.16. The first kappa shape index (κ1) is 15.7. The fraction of sp³-hybridized carbons (Fsp3) is 0.375. The molecule has 0 fully saturated rings. The normalized spacial score (nSPS) is 10.8. The summed E-state index contributed by atoms with van der Waals surface area (Å²) in [5.41, 5.74) is 2.28. The van der Waals surface area contributed by atoms with E-state index in [0.717, 1.165) is 23.8 Å². The number of rotatable bonds is 7. The Morgan fingerprint density at radius 2 is 2.05 bits per heavy atom. The second kappa shape index (κ2) is 7.90. The number of aryl methyl sites for hydroxylation is 1. The first-order chi connectivity index (χ1) is 10.2. The van der Waals surface area contributed by atoms with Crippen molar-refractivity contribution in [2.45, 2.75) is 26.4 Å². The van der Waals surface area contributed by atoms with Crippen molar-refractivity contribution >= 4 is 17.3 Å². The van der Waals surface area contributed by atoms with E-state index >= 15 is 0 Å². The molecule has 0 atom stereocenters. The van der Waals surface area contributed by atoms with Gasteiger partial charge in [-0.15, -0.1) is 11.3 Å². The van der Waals surface area contributed by atoms with E-state index in [1.807, 2.05) is 25.1 Å². The molecule has 0 bridgehead atoms. The predicted octanol–water partition coefficient (Wildman–Crippen LogP) is 3.02. The van der Waals surface area contributed by atoms with Crippen molar-refractivity contribution in [3.05, 3.63) is 52.0 Å². The molecule has 21 heavy (non-hydrogen) atoms. The number of hydrogen-bond acceptors (Lipinski definition) is 5. The topological polar surface area (TPSA) is 42.4 Å². The third-order valence-corrected chi connectivity index (χ3v) is 3.98. The summed E-state index contributed by atoms with van der Waals surface area (Å²) in [5.74, 6) is -0.178. The summed E-state index contributed by atoms with van der Waals surface area (Å²) in [5, 5.41) is 3.14. The van der Waals surface area contributed by atoms with Crippen molar-refractivity contribution in [1.29, 1.82) is 0 Å². The number of carbonyl (C=O) groups is 1. The summed E-state index contributed by atoms with van der Waals surface area (Å²) >= 11 is 1.65. The highest BCUT2D eigenvalue weighted by atomic mass is 32.1. The first-order valence-corrected chi connectivity index (χ1v) is 7.79. The van der Waals surface area contributed by atoms with Gasteiger partial charge in [0.15, 0.2) is 0 Å². The summed E-state index contributed by atoms with van der Waals surface area (Å²) in [6, 6.07) is 10.3. The quantitative estimate of drug-likeness (QED) is 0.737. The number of nitrogens with zero attached hydrogens (tertiary/aromatic N) is 2. The summed E-state index contributed by atoms with van der Waals surface area (Å²) < 4.78 is 4.73. The van der Waals surface area contributed by atoms with Gasteiger partial charge in [-0.2, -0.15) is 0 Å². The van der Waals surface area contributed by atoms with Crippen LogP contribution in [0.25, 0.3) is 0 Å². The van der Waals surface area contributed by atoms with Gasteiger partial charge in [-0.3, -0.25) is 9.69 Å². The van der Waals surface area contributed by atoms with Gasteiger partial charge in [-0.05, 0) is 12.5 Å². The van der Waals surface area contributed by atoms with Crippen LogP contribution in [0.15, 0.2) is 35.7 Å². The molecule has 2 aromatic rings. The molecule has 0 spiro atoms. The predicted molar refractivity (Wildman–Crippen MR) is 84.0 cm³/mol. The zero-order valence-electron chi connectivity index (χ0n) is 12.4. The molecule has 0 amide bonds. The Hall–Kier alpha value is -1.72. The van der Waals surface area contributed by atoms with Crippen LogP contribution in [0.5, 0.6) is 0 Å².